The molecule has 2 aromatic carbocycles. The van der Waals surface area contributed by atoms with Crippen LogP contribution in [-0.2, 0) is 17.8 Å². The van der Waals surface area contributed by atoms with Crippen LogP contribution in [0.25, 0.3) is 22.2 Å². The summed E-state index contributed by atoms with van der Waals surface area (Å²) in [5.41, 5.74) is 3.31. The minimum atomic E-state index is -0.975. The van der Waals surface area contributed by atoms with Crippen molar-refractivity contribution >= 4 is 23.0 Å². The van der Waals surface area contributed by atoms with Crippen molar-refractivity contribution in [2.24, 2.45) is 5.92 Å². The largest absolute Gasteiger partial charge is 0.491 e. The molecule has 2 aromatic heterocycles. The lowest BCUT2D eigenvalue weighted by atomic mass is 9.89. The number of hydrogen-bond donors (Lipinski definition) is 2. The number of aromatic carboxylic acids is 1. The molecule has 0 amide bonds. The number of carbonyl (C=O) groups excluding carboxylic acids is 1. The molecule has 0 radical (unpaired) electrons. The molecule has 0 aliphatic heterocycles. The summed E-state index contributed by atoms with van der Waals surface area (Å²) in [5, 5.41) is 28.2. The van der Waals surface area contributed by atoms with Crippen LogP contribution in [0.3, 0.4) is 0 Å². The molecule has 9 heteroatoms. The van der Waals surface area contributed by atoms with E-state index in [4.69, 9.17) is 9.72 Å². The van der Waals surface area contributed by atoms with Crippen molar-refractivity contribution in [1.82, 2.24) is 19.7 Å². The van der Waals surface area contributed by atoms with Gasteiger partial charge in [-0.1, -0.05) is 75.1 Å². The number of carbonyl (C=O) groups is 2. The molecule has 0 saturated heterocycles. The molecule has 1 fully saturated rings. The van der Waals surface area contributed by atoms with Gasteiger partial charge in [0.1, 0.15) is 11.3 Å². The predicted molar refractivity (Wildman–Crippen MR) is 146 cm³/mol. The molecule has 0 spiro atoms. The number of unbranched alkanes of at least 4 members (excludes halogenated alkanes) is 1. The molecule has 9 nitrogen and oxygen atoms in total. The Labute approximate surface area is 226 Å². The highest BCUT2D eigenvalue weighted by Gasteiger charge is 2.27. The summed E-state index contributed by atoms with van der Waals surface area (Å²) in [7, 11) is 0. The van der Waals surface area contributed by atoms with Gasteiger partial charge in [0.05, 0.1) is 11.5 Å². The molecule has 2 heterocycles. The number of nitrogens with zero attached hydrogens (tertiary/aromatic N) is 4. The first-order valence-electron chi connectivity index (χ1n) is 13.5. The van der Waals surface area contributed by atoms with E-state index in [2.05, 4.69) is 17.1 Å². The van der Waals surface area contributed by atoms with E-state index in [9.17, 15) is 19.8 Å². The zero-order valence-electron chi connectivity index (χ0n) is 22.0. The fraction of sp³-hybridized carbons (Fsp3) is 0.367. The van der Waals surface area contributed by atoms with E-state index < -0.39 is 5.97 Å². The van der Waals surface area contributed by atoms with Gasteiger partial charge in [0.15, 0.2) is 5.52 Å². The van der Waals surface area contributed by atoms with Gasteiger partial charge in [-0.3, -0.25) is 4.79 Å². The van der Waals surface area contributed by atoms with Crippen molar-refractivity contribution in [3.63, 3.8) is 0 Å². The number of hydrogen-bond acceptors (Lipinski definition) is 7. The Bertz CT molecular complexity index is 1490. The van der Waals surface area contributed by atoms with E-state index >= 15 is 0 Å². The van der Waals surface area contributed by atoms with E-state index in [0.29, 0.717) is 29.6 Å². The van der Waals surface area contributed by atoms with Crippen molar-refractivity contribution in [2.45, 2.75) is 64.8 Å². The summed E-state index contributed by atoms with van der Waals surface area (Å²) >= 11 is 0. The molecule has 1 aliphatic carbocycles. The van der Waals surface area contributed by atoms with Crippen LogP contribution in [0.4, 0.5) is 0 Å². The van der Waals surface area contributed by atoms with Crippen LogP contribution in [0.5, 0.6) is 11.8 Å². The highest BCUT2D eigenvalue weighted by Crippen LogP contribution is 2.33. The molecule has 202 valence electrons. The molecule has 5 rings (SSSR count). The molecule has 0 unspecified atom stereocenters. The van der Waals surface area contributed by atoms with Crippen LogP contribution in [0.15, 0.2) is 48.5 Å². The van der Waals surface area contributed by atoms with Crippen LogP contribution < -0.4 is 4.74 Å². The SMILES string of the molecule is CCCCc1nc2c(OC(=O)C3CCCCC3)nnc(O)c2n1Cc1ccc(-c2ccccc2C(=O)O)cc1. The standard InChI is InChI=1S/C30H32N4O5/c1-2-3-13-24-31-25-26(27(35)32-33-28(25)39-30(38)21-9-5-4-6-10-21)34(24)18-19-14-16-20(17-15-19)22-11-7-8-12-23(22)29(36)37/h7-8,11-12,14-17,21H,2-6,9-10,13,18H2,1H3,(H,32,35)(H,36,37). The van der Waals surface area contributed by atoms with Crippen LogP contribution >= 0.6 is 0 Å². The number of esters is 1. The van der Waals surface area contributed by atoms with Gasteiger partial charge in [-0.05, 0) is 42.0 Å². The maximum atomic E-state index is 12.8. The fourth-order valence-electron chi connectivity index (χ4n) is 5.24. The summed E-state index contributed by atoms with van der Waals surface area (Å²) in [6, 6.07) is 14.5. The van der Waals surface area contributed by atoms with Crippen molar-refractivity contribution in [1.29, 1.82) is 0 Å². The van der Waals surface area contributed by atoms with Crippen molar-refractivity contribution < 1.29 is 24.5 Å². The van der Waals surface area contributed by atoms with Crippen LogP contribution in [0, 0.1) is 5.92 Å². The number of carboxylic acid groups (broad SMARTS) is 1. The molecule has 1 saturated carbocycles. The summed E-state index contributed by atoms with van der Waals surface area (Å²) in [6.45, 7) is 2.49. The number of rotatable bonds is 9. The van der Waals surface area contributed by atoms with Gasteiger partial charge >= 0.3 is 11.9 Å². The van der Waals surface area contributed by atoms with Gasteiger partial charge in [0.2, 0.25) is 0 Å². The number of carboxylic acids is 1. The topological polar surface area (TPSA) is 127 Å². The first kappa shape index (κ1) is 26.3. The summed E-state index contributed by atoms with van der Waals surface area (Å²) < 4.78 is 7.59. The van der Waals surface area contributed by atoms with Crippen LogP contribution in [0.1, 0.15) is 73.6 Å². The zero-order chi connectivity index (χ0) is 27.4. The number of aromatic hydroxyl groups is 1. The van der Waals surface area contributed by atoms with Crippen molar-refractivity contribution in [3.8, 4) is 22.9 Å². The predicted octanol–water partition coefficient (Wildman–Crippen LogP) is 5.77. The molecule has 0 atom stereocenters. The summed E-state index contributed by atoms with van der Waals surface area (Å²) in [4.78, 5) is 29.3. The Hall–Kier alpha value is -4.27. The Morgan fingerprint density at radius 3 is 2.49 bits per heavy atom. The molecular weight excluding hydrogens is 496 g/mol. The molecule has 2 N–H and O–H groups in total. The average Bonchev–Trinajstić information content (AvgIpc) is 3.33. The molecule has 0 bridgehead atoms. The monoisotopic (exact) mass is 528 g/mol. The molecule has 4 aromatic rings. The van der Waals surface area contributed by atoms with E-state index in [1.54, 1.807) is 18.2 Å². The van der Waals surface area contributed by atoms with E-state index in [1.807, 2.05) is 34.9 Å². The number of imidazole rings is 1. The van der Waals surface area contributed by atoms with Crippen LogP contribution in [0.2, 0.25) is 0 Å². The van der Waals surface area contributed by atoms with E-state index in [0.717, 1.165) is 61.9 Å². The number of ether oxygens (including phenoxy) is 1. The molecular formula is C30H32N4O5. The highest BCUT2D eigenvalue weighted by molar-refractivity contribution is 5.96. The second-order valence-electron chi connectivity index (χ2n) is 10.0. The third kappa shape index (κ3) is 5.62. The third-order valence-electron chi connectivity index (χ3n) is 7.35. The quantitative estimate of drug-likeness (QED) is 0.262. The lowest BCUT2D eigenvalue weighted by molar-refractivity contribution is -0.140. The number of aromatic nitrogens is 4. The Balaban J connectivity index is 1.48. The van der Waals surface area contributed by atoms with Crippen LogP contribution in [-0.4, -0.2) is 41.9 Å². The number of benzene rings is 2. The second-order valence-corrected chi connectivity index (χ2v) is 10.0. The lowest BCUT2D eigenvalue weighted by Gasteiger charge is -2.19. The Morgan fingerprint density at radius 2 is 1.77 bits per heavy atom. The Morgan fingerprint density at radius 1 is 1.03 bits per heavy atom. The van der Waals surface area contributed by atoms with Gasteiger partial charge < -0.3 is 19.5 Å². The van der Waals surface area contributed by atoms with Crippen molar-refractivity contribution in [3.05, 3.63) is 65.5 Å². The lowest BCUT2D eigenvalue weighted by Crippen LogP contribution is -2.23. The van der Waals surface area contributed by atoms with E-state index in [-0.39, 0.29) is 29.2 Å². The van der Waals surface area contributed by atoms with Gasteiger partial charge in [0, 0.05) is 13.0 Å². The van der Waals surface area contributed by atoms with Gasteiger partial charge in [-0.25, -0.2) is 9.78 Å². The first-order chi connectivity index (χ1) is 19.0. The normalized spacial score (nSPS) is 14.0. The average molecular weight is 529 g/mol. The van der Waals surface area contributed by atoms with Gasteiger partial charge in [-0.15, -0.1) is 10.2 Å². The minimum Gasteiger partial charge on any atom is -0.491 e. The third-order valence-corrected chi connectivity index (χ3v) is 7.35. The van der Waals surface area contributed by atoms with Crippen molar-refractivity contribution in [2.75, 3.05) is 0 Å². The Kier molecular flexibility index (Phi) is 7.86. The molecule has 1 aliphatic rings. The smallest absolute Gasteiger partial charge is 0.336 e. The fourth-order valence-corrected chi connectivity index (χ4v) is 5.24. The van der Waals surface area contributed by atoms with Gasteiger partial charge in [-0.2, -0.15) is 0 Å². The minimum absolute atomic E-state index is 0.0236. The molecule has 39 heavy (non-hydrogen) atoms. The maximum Gasteiger partial charge on any atom is 0.336 e. The summed E-state index contributed by atoms with van der Waals surface area (Å²) in [6.07, 6.45) is 7.28. The van der Waals surface area contributed by atoms with E-state index in [1.165, 1.54) is 0 Å². The highest BCUT2D eigenvalue weighted by atomic mass is 16.5. The second kappa shape index (κ2) is 11.6. The number of aryl methyl sites for hydroxylation is 1. The first-order valence-corrected chi connectivity index (χ1v) is 13.5. The summed E-state index contributed by atoms with van der Waals surface area (Å²) in [5.74, 6) is -0.960. The zero-order valence-corrected chi connectivity index (χ0v) is 22.0. The van der Waals surface area contributed by atoms with Gasteiger partial charge in [0.25, 0.3) is 11.8 Å². The number of fused-ring (bicyclic) bond motifs is 1. The maximum absolute atomic E-state index is 12.8.